The summed E-state index contributed by atoms with van der Waals surface area (Å²) in [6, 6.07) is 0. The SMILES string of the molecule is CCCCCCC/C=C\C/C=C\CCCC(CCCCCCCC(=O)O)OC(=O)CCCCCCCCCCCCCCCCCCCCCCCC. The predicted octanol–water partition coefficient (Wildman–Crippen LogP) is 16.7. The number of hydrogen-bond donors (Lipinski definition) is 1. The minimum atomic E-state index is -0.703. The minimum absolute atomic E-state index is 0.0139. The molecule has 53 heavy (non-hydrogen) atoms. The van der Waals surface area contributed by atoms with Crippen LogP contribution in [0, 0.1) is 0 Å². The van der Waals surface area contributed by atoms with Crippen LogP contribution in [0.4, 0.5) is 0 Å². The first-order valence-corrected chi connectivity index (χ1v) is 23.8. The van der Waals surface area contributed by atoms with E-state index in [4.69, 9.17) is 9.84 Å². The molecule has 0 aromatic heterocycles. The van der Waals surface area contributed by atoms with Crippen molar-refractivity contribution in [1.82, 2.24) is 0 Å². The normalized spacial score (nSPS) is 12.3. The van der Waals surface area contributed by atoms with Gasteiger partial charge in [-0.2, -0.15) is 0 Å². The van der Waals surface area contributed by atoms with Crippen LogP contribution in [0.2, 0.25) is 0 Å². The molecule has 1 unspecified atom stereocenters. The number of allylic oxidation sites excluding steroid dienone is 4. The summed E-state index contributed by atoms with van der Waals surface area (Å²) < 4.78 is 6.01. The van der Waals surface area contributed by atoms with Crippen molar-refractivity contribution in [2.45, 2.75) is 277 Å². The van der Waals surface area contributed by atoms with Gasteiger partial charge >= 0.3 is 11.9 Å². The molecule has 4 heteroatoms. The topological polar surface area (TPSA) is 63.6 Å². The van der Waals surface area contributed by atoms with Crippen molar-refractivity contribution in [2.75, 3.05) is 0 Å². The Morgan fingerprint density at radius 1 is 0.415 bits per heavy atom. The van der Waals surface area contributed by atoms with E-state index in [1.807, 2.05) is 0 Å². The third-order valence-electron chi connectivity index (χ3n) is 10.9. The van der Waals surface area contributed by atoms with E-state index in [9.17, 15) is 9.59 Å². The van der Waals surface area contributed by atoms with Crippen molar-refractivity contribution in [2.24, 2.45) is 0 Å². The van der Waals surface area contributed by atoms with Crippen LogP contribution in [-0.2, 0) is 14.3 Å². The molecule has 0 aliphatic rings. The van der Waals surface area contributed by atoms with Crippen molar-refractivity contribution in [3.05, 3.63) is 24.3 Å². The highest BCUT2D eigenvalue weighted by atomic mass is 16.5. The first-order chi connectivity index (χ1) is 26.1. The van der Waals surface area contributed by atoms with Crippen LogP contribution in [0.5, 0.6) is 0 Å². The van der Waals surface area contributed by atoms with Gasteiger partial charge in [-0.15, -0.1) is 0 Å². The average molecular weight is 745 g/mol. The van der Waals surface area contributed by atoms with Crippen molar-refractivity contribution in [3.8, 4) is 0 Å². The van der Waals surface area contributed by atoms with Crippen LogP contribution in [0.1, 0.15) is 271 Å². The number of rotatable bonds is 44. The van der Waals surface area contributed by atoms with Crippen LogP contribution in [0.25, 0.3) is 0 Å². The lowest BCUT2D eigenvalue weighted by atomic mass is 10.0. The van der Waals surface area contributed by atoms with Gasteiger partial charge in [0.05, 0.1) is 0 Å². The Kier molecular flexibility index (Phi) is 43.5. The van der Waals surface area contributed by atoms with Gasteiger partial charge < -0.3 is 9.84 Å². The van der Waals surface area contributed by atoms with Gasteiger partial charge in [0.1, 0.15) is 6.10 Å². The minimum Gasteiger partial charge on any atom is -0.481 e. The molecule has 0 rings (SSSR count). The second-order valence-electron chi connectivity index (χ2n) is 16.3. The van der Waals surface area contributed by atoms with Gasteiger partial charge in [0.2, 0.25) is 0 Å². The van der Waals surface area contributed by atoms with E-state index in [0.29, 0.717) is 6.42 Å². The summed E-state index contributed by atoms with van der Waals surface area (Å²) in [5.41, 5.74) is 0. The third-order valence-corrected chi connectivity index (χ3v) is 10.9. The van der Waals surface area contributed by atoms with Gasteiger partial charge in [-0.1, -0.05) is 218 Å². The number of esters is 1. The van der Waals surface area contributed by atoms with Gasteiger partial charge in [0, 0.05) is 12.8 Å². The van der Waals surface area contributed by atoms with E-state index >= 15 is 0 Å². The fourth-order valence-corrected chi connectivity index (χ4v) is 7.40. The summed E-state index contributed by atoms with van der Waals surface area (Å²) in [6.07, 6.45) is 58.0. The predicted molar refractivity (Wildman–Crippen MR) is 232 cm³/mol. The summed E-state index contributed by atoms with van der Waals surface area (Å²) in [5.74, 6) is -0.717. The van der Waals surface area contributed by atoms with E-state index in [1.165, 1.54) is 167 Å². The molecule has 0 saturated carbocycles. The number of hydrogen-bond acceptors (Lipinski definition) is 3. The maximum atomic E-state index is 12.7. The number of carboxylic acid groups (broad SMARTS) is 1. The fraction of sp³-hybridized carbons (Fsp3) is 0.878. The Bertz CT molecular complexity index is 802. The van der Waals surface area contributed by atoms with Gasteiger partial charge in [0.25, 0.3) is 0 Å². The van der Waals surface area contributed by atoms with Crippen LogP contribution < -0.4 is 0 Å². The van der Waals surface area contributed by atoms with Crippen LogP contribution >= 0.6 is 0 Å². The Morgan fingerprint density at radius 3 is 1.19 bits per heavy atom. The number of carbonyl (C=O) groups excluding carboxylic acids is 1. The van der Waals surface area contributed by atoms with E-state index in [2.05, 4.69) is 38.2 Å². The van der Waals surface area contributed by atoms with Crippen molar-refractivity contribution >= 4 is 11.9 Å². The van der Waals surface area contributed by atoms with Crippen molar-refractivity contribution in [1.29, 1.82) is 0 Å². The fourth-order valence-electron chi connectivity index (χ4n) is 7.40. The van der Waals surface area contributed by atoms with Crippen LogP contribution in [-0.4, -0.2) is 23.1 Å². The van der Waals surface area contributed by atoms with Crippen LogP contribution in [0.15, 0.2) is 24.3 Å². The Labute approximate surface area is 331 Å². The molecule has 0 aromatic rings. The molecule has 0 aromatic carbocycles. The number of unbranched alkanes of at least 4 members (excludes halogenated alkanes) is 31. The third kappa shape index (κ3) is 44.7. The summed E-state index contributed by atoms with van der Waals surface area (Å²) in [4.78, 5) is 23.5. The number of carboxylic acids is 1. The van der Waals surface area contributed by atoms with Gasteiger partial charge in [-0.25, -0.2) is 0 Å². The van der Waals surface area contributed by atoms with E-state index in [0.717, 1.165) is 77.0 Å². The Hall–Kier alpha value is -1.58. The molecule has 1 atom stereocenters. The summed E-state index contributed by atoms with van der Waals surface area (Å²) in [6.45, 7) is 4.56. The Morgan fingerprint density at radius 2 is 0.755 bits per heavy atom. The molecule has 0 spiro atoms. The molecule has 0 aliphatic heterocycles. The molecule has 0 fully saturated rings. The van der Waals surface area contributed by atoms with Crippen molar-refractivity contribution < 1.29 is 19.4 Å². The monoisotopic (exact) mass is 745 g/mol. The molecule has 312 valence electrons. The molecular formula is C49H92O4. The summed E-state index contributed by atoms with van der Waals surface area (Å²) in [5, 5.41) is 8.85. The number of ether oxygens (including phenoxy) is 1. The Balaban J connectivity index is 3.91. The lowest BCUT2D eigenvalue weighted by molar-refractivity contribution is -0.150. The maximum Gasteiger partial charge on any atom is 0.306 e. The zero-order chi connectivity index (χ0) is 38.6. The highest BCUT2D eigenvalue weighted by molar-refractivity contribution is 5.69. The second kappa shape index (κ2) is 44.8. The molecule has 4 nitrogen and oxygen atoms in total. The number of carbonyl (C=O) groups is 2. The molecule has 0 aliphatic carbocycles. The lowest BCUT2D eigenvalue weighted by Gasteiger charge is -2.18. The second-order valence-corrected chi connectivity index (χ2v) is 16.3. The van der Waals surface area contributed by atoms with Crippen molar-refractivity contribution in [3.63, 3.8) is 0 Å². The highest BCUT2D eigenvalue weighted by Crippen LogP contribution is 2.19. The average Bonchev–Trinajstić information content (AvgIpc) is 3.14. The molecule has 0 amide bonds. The lowest BCUT2D eigenvalue weighted by Crippen LogP contribution is -2.18. The molecule has 0 radical (unpaired) electrons. The van der Waals surface area contributed by atoms with E-state index < -0.39 is 5.97 Å². The maximum absolute atomic E-state index is 12.7. The first-order valence-electron chi connectivity index (χ1n) is 23.8. The number of aliphatic carboxylic acids is 1. The van der Waals surface area contributed by atoms with Gasteiger partial charge in [-0.05, 0) is 64.2 Å². The standard InChI is InChI=1S/C49H92O4/c1-3-5-7-9-11-13-15-17-18-19-20-21-22-23-24-25-27-29-31-33-38-42-46-49(52)53-47(44-40-36-34-37-41-45-48(50)51)43-39-35-32-30-28-26-16-14-12-10-8-6-4-2/h16,26,30,32,47H,3-15,17-25,27-29,31,33-46H2,1-2H3,(H,50,51)/b26-16-,32-30-. The van der Waals surface area contributed by atoms with E-state index in [-0.39, 0.29) is 18.5 Å². The van der Waals surface area contributed by atoms with Gasteiger partial charge in [-0.3, -0.25) is 9.59 Å². The molecular weight excluding hydrogens is 653 g/mol. The smallest absolute Gasteiger partial charge is 0.306 e. The highest BCUT2D eigenvalue weighted by Gasteiger charge is 2.14. The largest absolute Gasteiger partial charge is 0.481 e. The summed E-state index contributed by atoms with van der Waals surface area (Å²) >= 11 is 0. The van der Waals surface area contributed by atoms with E-state index in [1.54, 1.807) is 0 Å². The summed E-state index contributed by atoms with van der Waals surface area (Å²) in [7, 11) is 0. The first kappa shape index (κ1) is 51.4. The quantitative estimate of drug-likeness (QED) is 0.0383. The molecule has 0 bridgehead atoms. The zero-order valence-corrected chi connectivity index (χ0v) is 35.8. The molecule has 0 saturated heterocycles. The molecule has 1 N–H and O–H groups in total. The van der Waals surface area contributed by atoms with Gasteiger partial charge in [0.15, 0.2) is 0 Å². The molecule has 0 heterocycles. The van der Waals surface area contributed by atoms with Crippen LogP contribution in [0.3, 0.4) is 0 Å². The zero-order valence-electron chi connectivity index (χ0n) is 35.8.